The molecule has 0 amide bonds. The Bertz CT molecular complexity index is 378. The van der Waals surface area contributed by atoms with E-state index in [1.54, 1.807) is 11.3 Å². The summed E-state index contributed by atoms with van der Waals surface area (Å²) in [5, 5.41) is 4.54. The first-order chi connectivity index (χ1) is 8.63. The minimum Gasteiger partial charge on any atom is -0.377 e. The van der Waals surface area contributed by atoms with E-state index in [0.29, 0.717) is 0 Å². The predicted molar refractivity (Wildman–Crippen MR) is 76.4 cm³/mol. The average Bonchev–Trinajstić information content (AvgIpc) is 2.77. The van der Waals surface area contributed by atoms with Crippen molar-refractivity contribution in [3.63, 3.8) is 0 Å². The number of anilines is 1. The van der Waals surface area contributed by atoms with Gasteiger partial charge in [-0.15, -0.1) is 11.3 Å². The van der Waals surface area contributed by atoms with Gasteiger partial charge in [0, 0.05) is 24.2 Å². The van der Waals surface area contributed by atoms with Crippen molar-refractivity contribution < 1.29 is 4.74 Å². The van der Waals surface area contributed by atoms with Gasteiger partial charge in [0.2, 0.25) is 0 Å². The third kappa shape index (κ3) is 3.22. The smallest absolute Gasteiger partial charge is 0.186 e. The molecule has 0 aliphatic carbocycles. The molecule has 1 aliphatic rings. The van der Waals surface area contributed by atoms with Gasteiger partial charge in [0.05, 0.1) is 18.8 Å². The molecule has 1 aromatic rings. The number of rotatable bonds is 5. The molecule has 2 rings (SSSR count). The SMILES string of the molecule is CCCNCc1cnc(N2CCOCC2(C)C)s1. The zero-order valence-corrected chi connectivity index (χ0v) is 12.3. The summed E-state index contributed by atoms with van der Waals surface area (Å²) in [7, 11) is 0. The predicted octanol–water partition coefficient (Wildman–Crippen LogP) is 2.26. The summed E-state index contributed by atoms with van der Waals surface area (Å²) in [5.41, 5.74) is 0.0459. The zero-order chi connectivity index (χ0) is 13.0. The maximum absolute atomic E-state index is 5.55. The first-order valence-corrected chi connectivity index (χ1v) is 7.46. The molecule has 0 saturated carbocycles. The van der Waals surface area contributed by atoms with Crippen LogP contribution in [-0.2, 0) is 11.3 Å². The number of nitrogens with zero attached hydrogens (tertiary/aromatic N) is 2. The van der Waals surface area contributed by atoms with Crippen LogP contribution in [0.3, 0.4) is 0 Å². The molecule has 2 heterocycles. The minimum absolute atomic E-state index is 0.0459. The molecule has 0 atom stereocenters. The maximum atomic E-state index is 5.55. The van der Waals surface area contributed by atoms with Crippen LogP contribution in [0.2, 0.25) is 0 Å². The molecule has 1 saturated heterocycles. The molecule has 1 aliphatic heterocycles. The molecule has 0 bridgehead atoms. The highest BCUT2D eigenvalue weighted by Crippen LogP contribution is 2.30. The molecule has 4 nitrogen and oxygen atoms in total. The minimum atomic E-state index is 0.0459. The number of hydrogen-bond acceptors (Lipinski definition) is 5. The molecule has 0 radical (unpaired) electrons. The van der Waals surface area contributed by atoms with Gasteiger partial charge in [-0.2, -0.15) is 0 Å². The van der Waals surface area contributed by atoms with Crippen LogP contribution in [0.4, 0.5) is 5.13 Å². The molecule has 102 valence electrons. The summed E-state index contributed by atoms with van der Waals surface area (Å²) >= 11 is 1.79. The number of morpholine rings is 1. The molecule has 1 fully saturated rings. The fourth-order valence-electron chi connectivity index (χ4n) is 2.10. The highest BCUT2D eigenvalue weighted by Gasteiger charge is 2.32. The fraction of sp³-hybridized carbons (Fsp3) is 0.769. The molecule has 1 N–H and O–H groups in total. The third-order valence-electron chi connectivity index (χ3n) is 3.14. The van der Waals surface area contributed by atoms with Crippen molar-refractivity contribution in [1.82, 2.24) is 10.3 Å². The van der Waals surface area contributed by atoms with E-state index in [9.17, 15) is 0 Å². The highest BCUT2D eigenvalue weighted by atomic mass is 32.1. The Hall–Kier alpha value is -0.650. The van der Waals surface area contributed by atoms with Gasteiger partial charge in [0.25, 0.3) is 0 Å². The summed E-state index contributed by atoms with van der Waals surface area (Å²) in [5.74, 6) is 0. The summed E-state index contributed by atoms with van der Waals surface area (Å²) in [6.07, 6.45) is 3.16. The summed E-state index contributed by atoms with van der Waals surface area (Å²) in [4.78, 5) is 8.23. The lowest BCUT2D eigenvalue weighted by Gasteiger charge is -2.41. The number of ether oxygens (including phenoxy) is 1. The highest BCUT2D eigenvalue weighted by molar-refractivity contribution is 7.15. The Morgan fingerprint density at radius 1 is 1.56 bits per heavy atom. The van der Waals surface area contributed by atoms with E-state index in [2.05, 4.69) is 36.0 Å². The van der Waals surface area contributed by atoms with Crippen molar-refractivity contribution in [2.45, 2.75) is 39.3 Å². The first-order valence-electron chi connectivity index (χ1n) is 6.64. The number of nitrogens with one attached hydrogen (secondary N) is 1. The lowest BCUT2D eigenvalue weighted by Crippen LogP contribution is -2.53. The van der Waals surface area contributed by atoms with Gasteiger partial charge in [-0.05, 0) is 26.8 Å². The van der Waals surface area contributed by atoms with E-state index in [1.807, 2.05) is 6.20 Å². The van der Waals surface area contributed by atoms with E-state index in [-0.39, 0.29) is 5.54 Å². The van der Waals surface area contributed by atoms with Crippen molar-refractivity contribution >= 4 is 16.5 Å². The fourth-order valence-corrected chi connectivity index (χ4v) is 3.17. The Morgan fingerprint density at radius 2 is 2.39 bits per heavy atom. The Labute approximate surface area is 113 Å². The van der Waals surface area contributed by atoms with Crippen molar-refractivity contribution in [2.75, 3.05) is 31.2 Å². The lowest BCUT2D eigenvalue weighted by molar-refractivity contribution is 0.0644. The van der Waals surface area contributed by atoms with E-state index in [0.717, 1.165) is 38.0 Å². The molecule has 18 heavy (non-hydrogen) atoms. The second-order valence-electron chi connectivity index (χ2n) is 5.30. The van der Waals surface area contributed by atoms with E-state index < -0.39 is 0 Å². The zero-order valence-electron chi connectivity index (χ0n) is 11.5. The topological polar surface area (TPSA) is 37.4 Å². The normalized spacial score (nSPS) is 19.2. The molecule has 0 unspecified atom stereocenters. The Balaban J connectivity index is 2.00. The number of hydrogen-bond donors (Lipinski definition) is 1. The van der Waals surface area contributed by atoms with Crippen LogP contribution in [-0.4, -0.2) is 36.8 Å². The van der Waals surface area contributed by atoms with Gasteiger partial charge in [0.1, 0.15) is 0 Å². The van der Waals surface area contributed by atoms with Gasteiger partial charge in [-0.3, -0.25) is 0 Å². The van der Waals surface area contributed by atoms with Crippen LogP contribution in [0.25, 0.3) is 0 Å². The van der Waals surface area contributed by atoms with Gasteiger partial charge >= 0.3 is 0 Å². The number of aromatic nitrogens is 1. The van der Waals surface area contributed by atoms with Gasteiger partial charge in [-0.25, -0.2) is 4.98 Å². The second kappa shape index (κ2) is 5.99. The summed E-state index contributed by atoms with van der Waals surface area (Å²) in [6, 6.07) is 0. The van der Waals surface area contributed by atoms with E-state index >= 15 is 0 Å². The van der Waals surface area contributed by atoms with Crippen molar-refractivity contribution in [3.8, 4) is 0 Å². The molecule has 0 aromatic carbocycles. The van der Waals surface area contributed by atoms with Crippen molar-refractivity contribution in [3.05, 3.63) is 11.1 Å². The largest absolute Gasteiger partial charge is 0.377 e. The van der Waals surface area contributed by atoms with Crippen LogP contribution in [0.15, 0.2) is 6.20 Å². The number of thiazole rings is 1. The Kier molecular flexibility index (Phi) is 4.59. The van der Waals surface area contributed by atoms with Crippen molar-refractivity contribution in [1.29, 1.82) is 0 Å². The lowest BCUT2D eigenvalue weighted by atomic mass is 10.0. The second-order valence-corrected chi connectivity index (χ2v) is 6.40. The standard InChI is InChI=1S/C13H23N3OS/c1-4-5-14-8-11-9-15-12(18-11)16-6-7-17-10-13(16,2)3/h9,14H,4-8,10H2,1-3H3. The molecular weight excluding hydrogens is 246 g/mol. The van der Waals surface area contributed by atoms with Crippen LogP contribution in [0.5, 0.6) is 0 Å². The van der Waals surface area contributed by atoms with Gasteiger partial charge < -0.3 is 15.0 Å². The van der Waals surface area contributed by atoms with Crippen molar-refractivity contribution in [2.24, 2.45) is 0 Å². The van der Waals surface area contributed by atoms with Gasteiger partial charge in [0.15, 0.2) is 5.13 Å². The van der Waals surface area contributed by atoms with Crippen LogP contribution >= 0.6 is 11.3 Å². The average molecular weight is 269 g/mol. The molecular formula is C13H23N3OS. The maximum Gasteiger partial charge on any atom is 0.186 e. The summed E-state index contributed by atoms with van der Waals surface area (Å²) in [6.45, 7) is 11.1. The first kappa shape index (κ1) is 13.8. The third-order valence-corrected chi connectivity index (χ3v) is 4.16. The van der Waals surface area contributed by atoms with Crippen LogP contribution in [0.1, 0.15) is 32.1 Å². The monoisotopic (exact) mass is 269 g/mol. The van der Waals surface area contributed by atoms with Gasteiger partial charge in [-0.1, -0.05) is 6.92 Å². The van der Waals surface area contributed by atoms with E-state index in [1.165, 1.54) is 11.3 Å². The quantitative estimate of drug-likeness (QED) is 0.832. The van der Waals surface area contributed by atoms with Crippen LogP contribution in [0, 0.1) is 0 Å². The van der Waals surface area contributed by atoms with E-state index in [4.69, 9.17) is 4.74 Å². The van der Waals surface area contributed by atoms with Crippen LogP contribution < -0.4 is 10.2 Å². The molecule has 0 spiro atoms. The summed E-state index contributed by atoms with van der Waals surface area (Å²) < 4.78 is 5.55. The molecule has 1 aromatic heterocycles. The molecule has 5 heteroatoms. The Morgan fingerprint density at radius 3 is 3.11 bits per heavy atom.